The average Bonchev–Trinajstić information content (AvgIpc) is 3.23. The minimum absolute atomic E-state index is 0.246. The number of aromatic nitrogens is 1. The Labute approximate surface area is 167 Å². The monoisotopic (exact) mass is 395 g/mol. The number of nitrogens with one attached hydrogen (secondary N) is 1. The molecule has 0 radical (unpaired) electrons. The van der Waals surface area contributed by atoms with Crippen molar-refractivity contribution < 1.29 is 14.4 Å². The number of allylic oxidation sites excluding steroid dienone is 2. The number of hydrogen-bond donors (Lipinski definition) is 1. The van der Waals surface area contributed by atoms with Gasteiger partial charge in [-0.3, -0.25) is 19.3 Å². The fraction of sp³-hybridized carbons (Fsp3) is 0.333. The lowest BCUT2D eigenvalue weighted by atomic mass is 9.85. The Bertz CT molecular complexity index is 969. The number of amides is 3. The molecular formula is C21H21N3O3S. The van der Waals surface area contributed by atoms with Crippen molar-refractivity contribution in [1.82, 2.24) is 9.88 Å². The first-order chi connectivity index (χ1) is 13.4. The second-order valence-corrected chi connectivity index (χ2v) is 8.18. The van der Waals surface area contributed by atoms with E-state index in [0.29, 0.717) is 18.0 Å². The number of aryl methyl sites for hydroxylation is 2. The van der Waals surface area contributed by atoms with Crippen molar-refractivity contribution in [2.45, 2.75) is 26.7 Å². The molecular weight excluding hydrogens is 374 g/mol. The van der Waals surface area contributed by atoms with Crippen LogP contribution in [-0.4, -0.2) is 34.2 Å². The molecule has 1 aromatic carbocycles. The highest BCUT2D eigenvalue weighted by Gasteiger charge is 2.47. The standard InChI is InChI=1S/C21H21N3O3S/c1-12-7-8-13(2)16(9-12)17-11-28-21(22-17)23-18(25)10-24-19(26)14-5-3-4-6-15(14)20(24)27/h3-4,7-9,11,14-15H,5-6,10H2,1-2H3,(H,22,23,25)/t14-,15-/m1/s1. The highest BCUT2D eigenvalue weighted by Crippen LogP contribution is 2.35. The average molecular weight is 395 g/mol. The number of fused-ring (bicyclic) bond motifs is 1. The van der Waals surface area contributed by atoms with Crippen molar-refractivity contribution >= 4 is 34.2 Å². The van der Waals surface area contributed by atoms with Gasteiger partial charge in [-0.25, -0.2) is 4.98 Å². The van der Waals surface area contributed by atoms with E-state index in [1.807, 2.05) is 43.5 Å². The van der Waals surface area contributed by atoms with Crippen LogP contribution in [0.25, 0.3) is 11.3 Å². The molecule has 1 aliphatic heterocycles. The van der Waals surface area contributed by atoms with E-state index in [2.05, 4.69) is 16.4 Å². The Kier molecular flexibility index (Phi) is 4.85. The van der Waals surface area contributed by atoms with E-state index in [0.717, 1.165) is 27.3 Å². The van der Waals surface area contributed by atoms with Gasteiger partial charge in [-0.15, -0.1) is 11.3 Å². The van der Waals surface area contributed by atoms with Gasteiger partial charge in [0.15, 0.2) is 5.13 Å². The molecule has 1 fully saturated rings. The third-order valence-corrected chi connectivity index (χ3v) is 6.08. The molecule has 7 heteroatoms. The number of rotatable bonds is 4. The van der Waals surface area contributed by atoms with Crippen molar-refractivity contribution in [3.8, 4) is 11.3 Å². The van der Waals surface area contributed by atoms with Crippen LogP contribution in [0.5, 0.6) is 0 Å². The van der Waals surface area contributed by atoms with Gasteiger partial charge in [0, 0.05) is 10.9 Å². The molecule has 2 atom stereocenters. The fourth-order valence-corrected chi connectivity index (χ4v) is 4.52. The first kappa shape index (κ1) is 18.6. The summed E-state index contributed by atoms with van der Waals surface area (Å²) in [6.45, 7) is 3.78. The second-order valence-electron chi connectivity index (χ2n) is 7.32. The number of carbonyl (C=O) groups excluding carboxylic acids is 3. The molecule has 4 rings (SSSR count). The molecule has 0 bridgehead atoms. The Hall–Kier alpha value is -2.80. The maximum Gasteiger partial charge on any atom is 0.246 e. The van der Waals surface area contributed by atoms with Gasteiger partial charge >= 0.3 is 0 Å². The number of nitrogens with zero attached hydrogens (tertiary/aromatic N) is 2. The van der Waals surface area contributed by atoms with Crippen molar-refractivity contribution in [3.63, 3.8) is 0 Å². The van der Waals surface area contributed by atoms with Crippen molar-refractivity contribution in [2.75, 3.05) is 11.9 Å². The van der Waals surface area contributed by atoms with Crippen LogP contribution in [-0.2, 0) is 14.4 Å². The van der Waals surface area contributed by atoms with E-state index in [4.69, 9.17) is 0 Å². The lowest BCUT2D eigenvalue weighted by Gasteiger charge is -2.14. The van der Waals surface area contributed by atoms with E-state index in [-0.39, 0.29) is 30.2 Å². The van der Waals surface area contributed by atoms with E-state index in [1.165, 1.54) is 11.3 Å². The molecule has 1 aliphatic carbocycles. The van der Waals surface area contributed by atoms with Crippen LogP contribution in [0.4, 0.5) is 5.13 Å². The molecule has 3 amide bonds. The van der Waals surface area contributed by atoms with Crippen molar-refractivity contribution in [1.29, 1.82) is 0 Å². The predicted molar refractivity (Wildman–Crippen MR) is 108 cm³/mol. The summed E-state index contributed by atoms with van der Waals surface area (Å²) < 4.78 is 0. The highest BCUT2D eigenvalue weighted by atomic mass is 32.1. The quantitative estimate of drug-likeness (QED) is 0.636. The smallest absolute Gasteiger partial charge is 0.246 e. The van der Waals surface area contributed by atoms with Gasteiger partial charge in [-0.05, 0) is 38.3 Å². The van der Waals surface area contributed by atoms with E-state index in [9.17, 15) is 14.4 Å². The van der Waals surface area contributed by atoms with Crippen LogP contribution in [0.1, 0.15) is 24.0 Å². The topological polar surface area (TPSA) is 79.4 Å². The summed E-state index contributed by atoms with van der Waals surface area (Å²) >= 11 is 1.33. The molecule has 2 heterocycles. The first-order valence-corrected chi connectivity index (χ1v) is 10.1. The lowest BCUT2D eigenvalue weighted by Crippen LogP contribution is -2.38. The lowest BCUT2D eigenvalue weighted by molar-refractivity contribution is -0.142. The molecule has 6 nitrogen and oxygen atoms in total. The Morgan fingerprint density at radius 1 is 1.18 bits per heavy atom. The zero-order valence-electron chi connectivity index (χ0n) is 15.8. The summed E-state index contributed by atoms with van der Waals surface area (Å²) in [5.74, 6) is -1.54. The Balaban J connectivity index is 1.44. The number of benzene rings is 1. The van der Waals surface area contributed by atoms with Gasteiger partial charge < -0.3 is 5.32 Å². The molecule has 1 aromatic heterocycles. The summed E-state index contributed by atoms with van der Waals surface area (Å²) in [5.41, 5.74) is 4.07. The van der Waals surface area contributed by atoms with Gasteiger partial charge in [-0.1, -0.05) is 29.8 Å². The molecule has 2 aromatic rings. The minimum Gasteiger partial charge on any atom is -0.300 e. The normalized spacial score (nSPS) is 21.1. The maximum absolute atomic E-state index is 12.5. The SMILES string of the molecule is Cc1ccc(C)c(-c2csc(NC(=O)CN3C(=O)[C@@H]4CC=CC[C@H]4C3=O)n2)c1. The number of anilines is 1. The fourth-order valence-electron chi connectivity index (χ4n) is 3.79. The van der Waals surface area contributed by atoms with Crippen LogP contribution in [0.2, 0.25) is 0 Å². The molecule has 1 N–H and O–H groups in total. The van der Waals surface area contributed by atoms with Crippen LogP contribution in [0.3, 0.4) is 0 Å². The van der Waals surface area contributed by atoms with E-state index in [1.54, 1.807) is 0 Å². The first-order valence-electron chi connectivity index (χ1n) is 9.27. The van der Waals surface area contributed by atoms with Gasteiger partial charge in [0.25, 0.3) is 0 Å². The summed E-state index contributed by atoms with van der Waals surface area (Å²) in [6.07, 6.45) is 5.00. The van der Waals surface area contributed by atoms with Crippen LogP contribution in [0, 0.1) is 25.7 Å². The predicted octanol–water partition coefficient (Wildman–Crippen LogP) is 3.32. The minimum atomic E-state index is -0.407. The molecule has 28 heavy (non-hydrogen) atoms. The van der Waals surface area contributed by atoms with E-state index < -0.39 is 5.91 Å². The second kappa shape index (κ2) is 7.31. The zero-order chi connectivity index (χ0) is 19.8. The third-order valence-electron chi connectivity index (χ3n) is 5.32. The summed E-state index contributed by atoms with van der Waals surface area (Å²) in [7, 11) is 0. The molecule has 2 aliphatic rings. The van der Waals surface area contributed by atoms with Crippen LogP contribution < -0.4 is 5.32 Å². The van der Waals surface area contributed by atoms with Crippen LogP contribution in [0.15, 0.2) is 35.7 Å². The third kappa shape index (κ3) is 3.38. The number of carbonyl (C=O) groups is 3. The Morgan fingerprint density at radius 3 is 2.54 bits per heavy atom. The van der Waals surface area contributed by atoms with Crippen molar-refractivity contribution in [3.05, 3.63) is 46.9 Å². The molecule has 0 unspecified atom stereocenters. The number of thiazole rings is 1. The summed E-state index contributed by atoms with van der Waals surface area (Å²) in [4.78, 5) is 43.0. The number of imide groups is 1. The van der Waals surface area contributed by atoms with Crippen molar-refractivity contribution in [2.24, 2.45) is 11.8 Å². The van der Waals surface area contributed by atoms with Gasteiger partial charge in [0.1, 0.15) is 6.54 Å². The number of hydrogen-bond acceptors (Lipinski definition) is 5. The molecule has 0 spiro atoms. The van der Waals surface area contributed by atoms with Gasteiger partial charge in [-0.2, -0.15) is 0 Å². The number of likely N-dealkylation sites (tertiary alicyclic amines) is 1. The van der Waals surface area contributed by atoms with E-state index >= 15 is 0 Å². The zero-order valence-corrected chi connectivity index (χ0v) is 16.6. The maximum atomic E-state index is 12.5. The van der Waals surface area contributed by atoms with Gasteiger partial charge in [0.2, 0.25) is 17.7 Å². The molecule has 144 valence electrons. The molecule has 0 saturated carbocycles. The van der Waals surface area contributed by atoms with Gasteiger partial charge in [0.05, 0.1) is 17.5 Å². The highest BCUT2D eigenvalue weighted by molar-refractivity contribution is 7.14. The summed E-state index contributed by atoms with van der Waals surface area (Å²) in [5, 5.41) is 5.07. The van der Waals surface area contributed by atoms with Crippen LogP contribution >= 0.6 is 11.3 Å². The molecule has 1 saturated heterocycles. The Morgan fingerprint density at radius 2 is 1.86 bits per heavy atom. The largest absolute Gasteiger partial charge is 0.300 e. The summed E-state index contributed by atoms with van der Waals surface area (Å²) in [6, 6.07) is 6.15.